The van der Waals surface area contributed by atoms with Gasteiger partial charge in [-0.05, 0) is 43.0 Å². The third-order valence-electron chi connectivity index (χ3n) is 4.51. The Labute approximate surface area is 171 Å². The number of hydrogen-bond acceptors (Lipinski definition) is 6. The average Bonchev–Trinajstić information content (AvgIpc) is 2.92. The normalized spacial score (nSPS) is 21.0. The third kappa shape index (κ3) is 4.89. The van der Waals surface area contributed by atoms with Crippen molar-refractivity contribution in [3.8, 4) is 0 Å². The number of aryl methyl sites for hydroxylation is 1. The van der Waals surface area contributed by atoms with Crippen molar-refractivity contribution in [3.05, 3.63) is 50.1 Å². The second-order valence-electron chi connectivity index (χ2n) is 6.57. The minimum Gasteiger partial charge on any atom is -0.300 e. The molecule has 0 aliphatic heterocycles. The second kappa shape index (κ2) is 8.16. The molecule has 0 radical (unpaired) electrons. The van der Waals surface area contributed by atoms with Gasteiger partial charge in [-0.2, -0.15) is 0 Å². The van der Waals surface area contributed by atoms with Crippen LogP contribution in [0.4, 0.5) is 0 Å². The molecule has 10 heteroatoms. The molecule has 146 valence electrons. The van der Waals surface area contributed by atoms with E-state index in [2.05, 4.69) is 4.83 Å². The highest BCUT2D eigenvalue weighted by Gasteiger charge is 2.35. The fraction of sp³-hybridized carbons (Fsp3) is 0.353. The zero-order chi connectivity index (χ0) is 19.8. The van der Waals surface area contributed by atoms with Crippen molar-refractivity contribution in [1.29, 1.82) is 0 Å². The number of hydrazine groups is 1. The highest BCUT2D eigenvalue weighted by Crippen LogP contribution is 2.41. The standard InChI is InChI=1S/C17H18Cl2N2O4S2/c1-10-2-4-14(5-3-10)27(24,25)20-21(23)12-6-11(7-13(22)8-12)15-9-16(18)26-17(15)19/h2-5,9,11-12,20,23H,6-8H2,1H3. The van der Waals surface area contributed by atoms with Crippen LogP contribution in [0.2, 0.25) is 8.67 Å². The molecule has 1 heterocycles. The van der Waals surface area contributed by atoms with Crippen LogP contribution in [0.15, 0.2) is 35.2 Å². The lowest BCUT2D eigenvalue weighted by molar-refractivity contribution is -0.162. The molecule has 1 aliphatic rings. The van der Waals surface area contributed by atoms with Crippen molar-refractivity contribution in [2.45, 2.75) is 43.0 Å². The summed E-state index contributed by atoms with van der Waals surface area (Å²) in [6, 6.07) is 7.25. The van der Waals surface area contributed by atoms with Crippen LogP contribution in [0.3, 0.4) is 0 Å². The molecule has 1 fully saturated rings. The molecule has 2 atom stereocenters. The number of thiophene rings is 1. The number of hydrogen-bond donors (Lipinski definition) is 2. The van der Waals surface area contributed by atoms with Crippen LogP contribution in [-0.4, -0.2) is 30.6 Å². The Bertz CT molecular complexity index is 944. The zero-order valence-corrected chi connectivity index (χ0v) is 17.5. The van der Waals surface area contributed by atoms with Gasteiger partial charge in [0.05, 0.1) is 19.6 Å². The maximum atomic E-state index is 12.5. The first-order chi connectivity index (χ1) is 12.7. The van der Waals surface area contributed by atoms with Gasteiger partial charge in [-0.1, -0.05) is 40.9 Å². The molecule has 27 heavy (non-hydrogen) atoms. The monoisotopic (exact) mass is 448 g/mol. The fourth-order valence-corrected chi connectivity index (χ4v) is 5.76. The van der Waals surface area contributed by atoms with Crippen LogP contribution < -0.4 is 4.83 Å². The third-order valence-corrected chi connectivity index (χ3v) is 7.35. The molecule has 0 bridgehead atoms. The van der Waals surface area contributed by atoms with Gasteiger partial charge in [-0.15, -0.1) is 21.3 Å². The molecule has 0 spiro atoms. The second-order valence-corrected chi connectivity index (χ2v) is 10.5. The predicted molar refractivity (Wildman–Crippen MR) is 105 cm³/mol. The molecule has 2 N–H and O–H groups in total. The van der Waals surface area contributed by atoms with Gasteiger partial charge in [-0.25, -0.2) is 8.42 Å². The van der Waals surface area contributed by atoms with Gasteiger partial charge in [0.1, 0.15) is 5.78 Å². The fourth-order valence-electron chi connectivity index (χ4n) is 3.14. The lowest BCUT2D eigenvalue weighted by atomic mass is 9.82. The Hall–Kier alpha value is -1.00. The zero-order valence-electron chi connectivity index (χ0n) is 14.4. The summed E-state index contributed by atoms with van der Waals surface area (Å²) in [6.07, 6.45) is 0.687. The summed E-state index contributed by atoms with van der Waals surface area (Å²) in [5.74, 6) is -0.311. The highest BCUT2D eigenvalue weighted by molar-refractivity contribution is 7.89. The molecule has 1 aromatic heterocycles. The van der Waals surface area contributed by atoms with E-state index in [1.54, 1.807) is 18.2 Å². The van der Waals surface area contributed by atoms with Gasteiger partial charge in [0.25, 0.3) is 10.0 Å². The number of Topliss-reactive ketones (excluding diaryl/α,β-unsaturated/α-hetero) is 1. The molecule has 0 amide bonds. The number of carbonyl (C=O) groups excluding carboxylic acids is 1. The van der Waals surface area contributed by atoms with Crippen molar-refractivity contribution >= 4 is 50.3 Å². The molecule has 2 unspecified atom stereocenters. The summed E-state index contributed by atoms with van der Waals surface area (Å²) < 4.78 is 25.9. The summed E-state index contributed by atoms with van der Waals surface area (Å²) in [7, 11) is -3.96. The predicted octanol–water partition coefficient (Wildman–Crippen LogP) is 4.15. The van der Waals surface area contributed by atoms with E-state index in [9.17, 15) is 18.4 Å². The number of sulfonamides is 1. The molecule has 0 saturated heterocycles. The maximum absolute atomic E-state index is 12.5. The van der Waals surface area contributed by atoms with Crippen molar-refractivity contribution in [2.75, 3.05) is 0 Å². The Morgan fingerprint density at radius 2 is 1.89 bits per heavy atom. The van der Waals surface area contributed by atoms with Crippen LogP contribution in [0, 0.1) is 6.92 Å². The first-order valence-corrected chi connectivity index (χ1v) is 11.2. The van der Waals surface area contributed by atoms with Gasteiger partial charge < -0.3 is 0 Å². The summed E-state index contributed by atoms with van der Waals surface area (Å²) in [6.45, 7) is 1.85. The number of carbonyl (C=O) groups is 1. The minimum absolute atomic E-state index is 0.0264. The number of nitrogens with one attached hydrogen (secondary N) is 1. The van der Waals surface area contributed by atoms with Gasteiger partial charge in [0.15, 0.2) is 0 Å². The number of ketones is 1. The minimum atomic E-state index is -3.96. The Morgan fingerprint density at radius 3 is 2.48 bits per heavy atom. The molecule has 1 aromatic carbocycles. The summed E-state index contributed by atoms with van der Waals surface area (Å²) in [4.78, 5) is 14.3. The lowest BCUT2D eigenvalue weighted by Gasteiger charge is -2.32. The van der Waals surface area contributed by atoms with E-state index in [1.165, 1.54) is 23.5 Å². The van der Waals surface area contributed by atoms with Crippen molar-refractivity contribution in [1.82, 2.24) is 10.0 Å². The first-order valence-electron chi connectivity index (χ1n) is 8.19. The van der Waals surface area contributed by atoms with Crippen LogP contribution in [0.1, 0.15) is 36.3 Å². The van der Waals surface area contributed by atoms with E-state index in [0.717, 1.165) is 11.1 Å². The topological polar surface area (TPSA) is 86.7 Å². The molecular formula is C17H18Cl2N2O4S2. The summed E-state index contributed by atoms with van der Waals surface area (Å²) >= 11 is 13.4. The van der Waals surface area contributed by atoms with Crippen LogP contribution in [0.5, 0.6) is 0 Å². The molecule has 2 aromatic rings. The van der Waals surface area contributed by atoms with Crippen molar-refractivity contribution in [3.63, 3.8) is 0 Å². The molecule has 1 aliphatic carbocycles. The average molecular weight is 449 g/mol. The van der Waals surface area contributed by atoms with Gasteiger partial charge in [-0.3, -0.25) is 10.0 Å². The Balaban J connectivity index is 1.75. The Kier molecular flexibility index (Phi) is 6.27. The smallest absolute Gasteiger partial charge is 0.255 e. The Morgan fingerprint density at radius 1 is 1.22 bits per heavy atom. The van der Waals surface area contributed by atoms with Gasteiger partial charge in [0, 0.05) is 12.8 Å². The first kappa shape index (κ1) is 20.7. The highest BCUT2D eigenvalue weighted by atomic mass is 35.5. The van der Waals surface area contributed by atoms with Crippen molar-refractivity contribution in [2.24, 2.45) is 0 Å². The lowest BCUT2D eigenvalue weighted by Crippen LogP contribution is -2.49. The number of halogens is 2. The molecule has 6 nitrogen and oxygen atoms in total. The van der Waals surface area contributed by atoms with E-state index in [4.69, 9.17) is 23.2 Å². The van der Waals surface area contributed by atoms with E-state index in [0.29, 0.717) is 20.3 Å². The van der Waals surface area contributed by atoms with Gasteiger partial charge >= 0.3 is 0 Å². The van der Waals surface area contributed by atoms with Gasteiger partial charge in [0.2, 0.25) is 0 Å². The SMILES string of the molecule is Cc1ccc(S(=O)(=O)NN(O)C2CC(=O)CC(c3cc(Cl)sc3Cl)C2)cc1. The maximum Gasteiger partial charge on any atom is 0.255 e. The molecule has 3 rings (SSSR count). The van der Waals surface area contributed by atoms with Crippen molar-refractivity contribution < 1.29 is 18.4 Å². The van der Waals surface area contributed by atoms with E-state index < -0.39 is 16.1 Å². The van der Waals surface area contributed by atoms with E-state index >= 15 is 0 Å². The van der Waals surface area contributed by atoms with E-state index in [1.807, 2.05) is 6.92 Å². The van der Waals surface area contributed by atoms with E-state index in [-0.39, 0.29) is 29.4 Å². The largest absolute Gasteiger partial charge is 0.300 e. The molecule has 1 saturated carbocycles. The number of rotatable bonds is 5. The summed E-state index contributed by atoms with van der Waals surface area (Å²) in [5, 5.41) is 10.8. The van der Waals surface area contributed by atoms with Crippen LogP contribution in [-0.2, 0) is 14.8 Å². The number of hydroxylamine groups is 1. The van der Waals surface area contributed by atoms with Crippen LogP contribution in [0.25, 0.3) is 0 Å². The summed E-state index contributed by atoms with van der Waals surface area (Å²) in [5.41, 5.74) is 1.67. The molecular weight excluding hydrogens is 431 g/mol. The quantitative estimate of drug-likeness (QED) is 0.670. The number of benzene rings is 1. The number of nitrogens with zero attached hydrogens (tertiary/aromatic N) is 1. The van der Waals surface area contributed by atoms with Crippen LogP contribution >= 0.6 is 34.5 Å².